The van der Waals surface area contributed by atoms with E-state index < -0.39 is 0 Å². The van der Waals surface area contributed by atoms with Crippen LogP contribution in [0.25, 0.3) is 0 Å². The molecule has 0 aromatic rings. The molecule has 0 aromatic carbocycles. The zero-order valence-electron chi connectivity index (χ0n) is 9.30. The first-order valence-electron chi connectivity index (χ1n) is 6.17. The number of rotatable bonds is 3. The fourth-order valence-electron chi connectivity index (χ4n) is 3.18. The third-order valence-corrected chi connectivity index (χ3v) is 4.16. The Balaban J connectivity index is 1.92. The summed E-state index contributed by atoms with van der Waals surface area (Å²) in [5, 5.41) is 0. The van der Waals surface area contributed by atoms with Gasteiger partial charge in [-0.1, -0.05) is 26.2 Å². The summed E-state index contributed by atoms with van der Waals surface area (Å²) in [5.41, 5.74) is 6.55. The summed E-state index contributed by atoms with van der Waals surface area (Å²) in [6.07, 6.45) is 9.44. The van der Waals surface area contributed by atoms with Gasteiger partial charge >= 0.3 is 0 Å². The Morgan fingerprint density at radius 3 is 2.57 bits per heavy atom. The summed E-state index contributed by atoms with van der Waals surface area (Å²) in [6.45, 7) is 3.09. The van der Waals surface area contributed by atoms with Crippen molar-refractivity contribution < 1.29 is 4.74 Å². The van der Waals surface area contributed by atoms with Crippen LogP contribution in [0.4, 0.5) is 0 Å². The molecule has 14 heavy (non-hydrogen) atoms. The lowest BCUT2D eigenvalue weighted by Crippen LogP contribution is -2.62. The van der Waals surface area contributed by atoms with Crippen LogP contribution in [-0.2, 0) is 4.74 Å². The van der Waals surface area contributed by atoms with Gasteiger partial charge in [0.1, 0.15) is 0 Å². The Hall–Kier alpha value is -0.0800. The van der Waals surface area contributed by atoms with Gasteiger partial charge in [-0.25, -0.2) is 0 Å². The first-order valence-corrected chi connectivity index (χ1v) is 6.17. The van der Waals surface area contributed by atoms with Crippen LogP contribution in [0.3, 0.4) is 0 Å². The molecule has 0 amide bonds. The quantitative estimate of drug-likeness (QED) is 0.754. The fourth-order valence-corrected chi connectivity index (χ4v) is 3.18. The van der Waals surface area contributed by atoms with Crippen LogP contribution in [0.5, 0.6) is 0 Å². The van der Waals surface area contributed by atoms with E-state index in [0.29, 0.717) is 17.6 Å². The molecule has 0 aliphatic heterocycles. The van der Waals surface area contributed by atoms with Crippen molar-refractivity contribution in [2.24, 2.45) is 11.1 Å². The second kappa shape index (κ2) is 4.19. The lowest BCUT2D eigenvalue weighted by Gasteiger charge is -2.56. The first kappa shape index (κ1) is 10.4. The van der Waals surface area contributed by atoms with Crippen molar-refractivity contribution in [1.29, 1.82) is 0 Å². The van der Waals surface area contributed by atoms with E-state index in [0.717, 1.165) is 19.4 Å². The molecule has 0 bridgehead atoms. The van der Waals surface area contributed by atoms with E-state index in [9.17, 15) is 0 Å². The molecule has 2 nitrogen and oxygen atoms in total. The molecular formula is C12H23NO. The Labute approximate surface area is 87.2 Å². The van der Waals surface area contributed by atoms with Gasteiger partial charge in [0.25, 0.3) is 0 Å². The normalized spacial score (nSPS) is 35.6. The molecule has 0 radical (unpaired) electrons. The van der Waals surface area contributed by atoms with Crippen molar-refractivity contribution in [2.45, 2.75) is 64.0 Å². The second-order valence-electron chi connectivity index (χ2n) is 5.00. The molecule has 2 fully saturated rings. The van der Waals surface area contributed by atoms with Gasteiger partial charge in [-0.3, -0.25) is 0 Å². The Kier molecular flexibility index (Phi) is 3.13. The van der Waals surface area contributed by atoms with Crippen LogP contribution >= 0.6 is 0 Å². The van der Waals surface area contributed by atoms with Crippen LogP contribution < -0.4 is 5.73 Å². The van der Waals surface area contributed by atoms with Gasteiger partial charge in [0, 0.05) is 18.1 Å². The van der Waals surface area contributed by atoms with E-state index in [1.165, 1.54) is 32.1 Å². The molecule has 0 aromatic heterocycles. The monoisotopic (exact) mass is 197 g/mol. The third kappa shape index (κ3) is 1.59. The van der Waals surface area contributed by atoms with Crippen LogP contribution in [0, 0.1) is 5.41 Å². The van der Waals surface area contributed by atoms with Gasteiger partial charge in [-0.2, -0.15) is 0 Å². The second-order valence-corrected chi connectivity index (χ2v) is 5.00. The van der Waals surface area contributed by atoms with E-state index in [1.54, 1.807) is 0 Å². The fraction of sp³-hybridized carbons (Fsp3) is 1.00. The zero-order valence-corrected chi connectivity index (χ0v) is 9.30. The maximum atomic E-state index is 6.17. The highest BCUT2D eigenvalue weighted by molar-refractivity contribution is 5.07. The van der Waals surface area contributed by atoms with Crippen molar-refractivity contribution in [3.05, 3.63) is 0 Å². The van der Waals surface area contributed by atoms with Crippen LogP contribution in [0.1, 0.15) is 51.9 Å². The predicted octanol–water partition coefficient (Wildman–Crippen LogP) is 2.46. The highest BCUT2D eigenvalue weighted by Crippen LogP contribution is 2.52. The van der Waals surface area contributed by atoms with Gasteiger partial charge in [0.05, 0.1) is 6.10 Å². The largest absolute Gasteiger partial charge is 0.378 e. The van der Waals surface area contributed by atoms with Crippen molar-refractivity contribution in [2.75, 3.05) is 6.61 Å². The van der Waals surface area contributed by atoms with Crippen LogP contribution in [0.2, 0.25) is 0 Å². The Bertz CT molecular complexity index is 187. The first-order chi connectivity index (χ1) is 6.79. The van der Waals surface area contributed by atoms with Crippen LogP contribution in [-0.4, -0.2) is 18.8 Å². The number of nitrogens with two attached hydrogens (primary N) is 1. The molecule has 2 aliphatic rings. The summed E-state index contributed by atoms with van der Waals surface area (Å²) in [4.78, 5) is 0. The van der Waals surface area contributed by atoms with E-state index in [-0.39, 0.29) is 0 Å². The van der Waals surface area contributed by atoms with Gasteiger partial charge in [0.2, 0.25) is 0 Å². The molecule has 2 unspecified atom stereocenters. The minimum Gasteiger partial charge on any atom is -0.378 e. The SMILES string of the molecule is CCCOC1CC(N)C12CCCCC2. The topological polar surface area (TPSA) is 35.2 Å². The molecule has 2 atom stereocenters. The smallest absolute Gasteiger partial charge is 0.0661 e. The average Bonchev–Trinajstić information content (AvgIpc) is 2.25. The molecule has 2 N–H and O–H groups in total. The molecule has 2 saturated carbocycles. The Morgan fingerprint density at radius 1 is 1.29 bits per heavy atom. The molecular weight excluding hydrogens is 174 g/mol. The summed E-state index contributed by atoms with van der Waals surface area (Å²) < 4.78 is 5.91. The third-order valence-electron chi connectivity index (χ3n) is 4.16. The molecule has 82 valence electrons. The molecule has 2 aliphatic carbocycles. The molecule has 0 heterocycles. The summed E-state index contributed by atoms with van der Waals surface area (Å²) in [5.74, 6) is 0. The predicted molar refractivity (Wildman–Crippen MR) is 58.1 cm³/mol. The number of hydrogen-bond acceptors (Lipinski definition) is 2. The van der Waals surface area contributed by atoms with Crippen molar-refractivity contribution >= 4 is 0 Å². The van der Waals surface area contributed by atoms with Crippen molar-refractivity contribution in [1.82, 2.24) is 0 Å². The van der Waals surface area contributed by atoms with Gasteiger partial charge < -0.3 is 10.5 Å². The summed E-state index contributed by atoms with van der Waals surface area (Å²) >= 11 is 0. The maximum absolute atomic E-state index is 6.17. The lowest BCUT2D eigenvalue weighted by atomic mass is 9.55. The average molecular weight is 197 g/mol. The number of ether oxygens (including phenoxy) is 1. The van der Waals surface area contributed by atoms with Gasteiger partial charge in [-0.15, -0.1) is 0 Å². The molecule has 0 saturated heterocycles. The van der Waals surface area contributed by atoms with E-state index in [2.05, 4.69) is 6.92 Å². The Morgan fingerprint density at radius 2 is 2.00 bits per heavy atom. The summed E-state index contributed by atoms with van der Waals surface area (Å²) in [7, 11) is 0. The van der Waals surface area contributed by atoms with Crippen molar-refractivity contribution in [3.8, 4) is 0 Å². The standard InChI is InChI=1S/C12H23NO/c1-2-8-14-11-9-10(13)12(11)6-4-3-5-7-12/h10-11H,2-9,13H2,1H3. The van der Waals surface area contributed by atoms with E-state index in [4.69, 9.17) is 10.5 Å². The van der Waals surface area contributed by atoms with E-state index in [1.807, 2.05) is 0 Å². The molecule has 2 rings (SSSR count). The van der Waals surface area contributed by atoms with Gasteiger partial charge in [0.15, 0.2) is 0 Å². The molecule has 1 spiro atoms. The number of hydrogen-bond donors (Lipinski definition) is 1. The van der Waals surface area contributed by atoms with E-state index >= 15 is 0 Å². The minimum absolute atomic E-state index is 0.382. The maximum Gasteiger partial charge on any atom is 0.0661 e. The molecule has 2 heteroatoms. The highest BCUT2D eigenvalue weighted by Gasteiger charge is 2.53. The lowest BCUT2D eigenvalue weighted by molar-refractivity contribution is -0.143. The van der Waals surface area contributed by atoms with Crippen molar-refractivity contribution in [3.63, 3.8) is 0 Å². The zero-order chi connectivity index (χ0) is 10.0. The summed E-state index contributed by atoms with van der Waals surface area (Å²) in [6, 6.07) is 0.421. The highest BCUT2D eigenvalue weighted by atomic mass is 16.5. The van der Waals surface area contributed by atoms with Gasteiger partial charge in [-0.05, 0) is 25.7 Å². The minimum atomic E-state index is 0.382. The van der Waals surface area contributed by atoms with Crippen LogP contribution in [0.15, 0.2) is 0 Å².